The first-order chi connectivity index (χ1) is 15.3. The molecule has 3 aliphatic heterocycles. The van der Waals surface area contributed by atoms with Gasteiger partial charge in [0.25, 0.3) is 5.92 Å². The Morgan fingerprint density at radius 3 is 2.62 bits per heavy atom. The Labute approximate surface area is 181 Å². The Balaban J connectivity index is 1.52. The van der Waals surface area contributed by atoms with E-state index >= 15 is 0 Å². The monoisotopic (exact) mass is 454 g/mol. The lowest BCUT2D eigenvalue weighted by Gasteiger charge is -2.33. The summed E-state index contributed by atoms with van der Waals surface area (Å²) in [7, 11) is 0. The number of halogens is 4. The van der Waals surface area contributed by atoms with Crippen LogP contribution in [-0.2, 0) is 4.74 Å². The third-order valence-corrected chi connectivity index (χ3v) is 6.07. The highest BCUT2D eigenvalue weighted by Crippen LogP contribution is 2.36. The van der Waals surface area contributed by atoms with E-state index in [1.165, 1.54) is 12.3 Å². The average molecular weight is 454 g/mol. The second-order valence-electron chi connectivity index (χ2n) is 8.24. The van der Waals surface area contributed by atoms with E-state index in [-0.39, 0.29) is 49.6 Å². The van der Waals surface area contributed by atoms with Gasteiger partial charge in [0.1, 0.15) is 5.82 Å². The minimum Gasteiger partial charge on any atom is -0.431 e. The summed E-state index contributed by atoms with van der Waals surface area (Å²) in [6, 6.07) is 3.25. The van der Waals surface area contributed by atoms with Crippen molar-refractivity contribution in [2.75, 3.05) is 41.8 Å². The molecule has 32 heavy (non-hydrogen) atoms. The average Bonchev–Trinajstić information content (AvgIpc) is 3.38. The number of nitrogens with two attached hydrogens (primary N) is 1. The van der Waals surface area contributed by atoms with Crippen LogP contribution in [0.2, 0.25) is 0 Å². The van der Waals surface area contributed by atoms with E-state index in [4.69, 9.17) is 10.5 Å². The van der Waals surface area contributed by atoms with Crippen molar-refractivity contribution in [3.05, 3.63) is 18.3 Å². The molecule has 2 N–H and O–H groups in total. The third-order valence-electron chi connectivity index (χ3n) is 6.07. The van der Waals surface area contributed by atoms with Crippen molar-refractivity contribution in [2.45, 2.75) is 43.9 Å². The lowest BCUT2D eigenvalue weighted by Crippen LogP contribution is -2.41. The Kier molecular flexibility index (Phi) is 5.19. The van der Waals surface area contributed by atoms with Gasteiger partial charge < -0.3 is 25.0 Å². The van der Waals surface area contributed by atoms with E-state index in [0.717, 1.165) is 6.42 Å². The molecule has 3 saturated heterocycles. The minimum atomic E-state index is -3.05. The number of pyridine rings is 1. The fourth-order valence-electron chi connectivity index (χ4n) is 4.36. The van der Waals surface area contributed by atoms with Crippen molar-refractivity contribution in [2.24, 2.45) is 0 Å². The summed E-state index contributed by atoms with van der Waals surface area (Å²) < 4.78 is 62.9. The van der Waals surface area contributed by atoms with Gasteiger partial charge >= 0.3 is 6.61 Å². The highest BCUT2D eigenvalue weighted by atomic mass is 19.3. The number of nitrogen functional groups attached to an aromatic ring is 1. The number of morpholine rings is 1. The number of piperidine rings is 1. The molecule has 8 nitrogen and oxygen atoms in total. The maximum Gasteiger partial charge on any atom is 0.387 e. The number of hydrogen-bond donors (Lipinski definition) is 1. The highest BCUT2D eigenvalue weighted by Gasteiger charge is 2.40. The third kappa shape index (κ3) is 4.10. The molecule has 5 heterocycles. The summed E-state index contributed by atoms with van der Waals surface area (Å²) in [5, 5.41) is 0. The topological polar surface area (TPSA) is 89.6 Å². The van der Waals surface area contributed by atoms with E-state index in [1.54, 1.807) is 11.0 Å². The quantitative estimate of drug-likeness (QED) is 0.690. The van der Waals surface area contributed by atoms with Crippen molar-refractivity contribution in [1.82, 2.24) is 15.0 Å². The van der Waals surface area contributed by atoms with Crippen molar-refractivity contribution >= 4 is 17.6 Å². The zero-order valence-electron chi connectivity index (χ0n) is 17.1. The van der Waals surface area contributed by atoms with Gasteiger partial charge in [0.05, 0.1) is 24.4 Å². The van der Waals surface area contributed by atoms with Gasteiger partial charge in [0, 0.05) is 50.3 Å². The second-order valence-corrected chi connectivity index (χ2v) is 8.24. The molecule has 0 aliphatic carbocycles. The number of anilines is 3. The number of hydrogen-bond acceptors (Lipinski definition) is 8. The minimum absolute atomic E-state index is 0.116. The molecule has 5 rings (SSSR count). The zero-order valence-corrected chi connectivity index (χ0v) is 17.1. The maximum absolute atomic E-state index is 13.7. The number of ether oxygens (including phenoxy) is 2. The van der Waals surface area contributed by atoms with Crippen LogP contribution in [0.5, 0.6) is 5.75 Å². The SMILES string of the molecule is Nc1ncc(-c2cc(N3CC4C[C@H]3CO4)nc(N3CCC(F)(F)CC3)n2)cc1OC(F)F. The molecule has 3 fully saturated rings. The molecule has 172 valence electrons. The molecular weight excluding hydrogens is 432 g/mol. The molecule has 2 aromatic rings. The van der Waals surface area contributed by atoms with Crippen LogP contribution in [0.15, 0.2) is 18.3 Å². The van der Waals surface area contributed by atoms with Gasteiger partial charge in [-0.25, -0.2) is 18.7 Å². The molecule has 0 saturated carbocycles. The summed E-state index contributed by atoms with van der Waals surface area (Å²) in [4.78, 5) is 17.0. The van der Waals surface area contributed by atoms with Crippen LogP contribution in [0.3, 0.4) is 0 Å². The first kappa shape index (κ1) is 21.0. The summed E-state index contributed by atoms with van der Waals surface area (Å²) in [6.45, 7) is -1.57. The van der Waals surface area contributed by atoms with Crippen molar-refractivity contribution in [1.29, 1.82) is 0 Å². The van der Waals surface area contributed by atoms with Crippen molar-refractivity contribution in [3.8, 4) is 17.0 Å². The fourth-order valence-corrected chi connectivity index (χ4v) is 4.36. The maximum atomic E-state index is 13.7. The Bertz CT molecular complexity index is 1000. The van der Waals surface area contributed by atoms with Crippen LogP contribution in [0, 0.1) is 0 Å². The lowest BCUT2D eigenvalue weighted by atomic mass is 10.1. The molecular formula is C20H22F4N6O2. The number of nitrogens with zero attached hydrogens (tertiary/aromatic N) is 5. The molecule has 12 heteroatoms. The van der Waals surface area contributed by atoms with Crippen LogP contribution < -0.4 is 20.3 Å². The Hall–Kier alpha value is -2.89. The Morgan fingerprint density at radius 2 is 1.97 bits per heavy atom. The fraction of sp³-hybridized carbons (Fsp3) is 0.550. The molecule has 2 bridgehead atoms. The predicted octanol–water partition coefficient (Wildman–Crippen LogP) is 2.94. The van der Waals surface area contributed by atoms with Crippen LogP contribution in [0.25, 0.3) is 11.3 Å². The van der Waals surface area contributed by atoms with Gasteiger partial charge in [-0.15, -0.1) is 0 Å². The van der Waals surface area contributed by atoms with E-state index in [0.29, 0.717) is 36.2 Å². The van der Waals surface area contributed by atoms with Gasteiger partial charge in [-0.2, -0.15) is 13.8 Å². The van der Waals surface area contributed by atoms with Crippen LogP contribution in [0.4, 0.5) is 35.1 Å². The summed E-state index contributed by atoms with van der Waals surface area (Å²) in [5.74, 6) is -2.19. The highest BCUT2D eigenvalue weighted by molar-refractivity contribution is 5.68. The normalized spacial score (nSPS) is 24.4. The largest absolute Gasteiger partial charge is 0.431 e. The summed E-state index contributed by atoms with van der Waals surface area (Å²) in [5.41, 5.74) is 6.47. The molecule has 0 aromatic carbocycles. The van der Waals surface area contributed by atoms with E-state index in [9.17, 15) is 17.6 Å². The van der Waals surface area contributed by atoms with Crippen LogP contribution >= 0.6 is 0 Å². The van der Waals surface area contributed by atoms with E-state index < -0.39 is 12.5 Å². The summed E-state index contributed by atoms with van der Waals surface area (Å²) in [6.07, 6.45) is 1.86. The van der Waals surface area contributed by atoms with Gasteiger partial charge in [-0.1, -0.05) is 0 Å². The molecule has 0 spiro atoms. The van der Waals surface area contributed by atoms with Gasteiger partial charge in [-0.05, 0) is 12.5 Å². The first-order valence-corrected chi connectivity index (χ1v) is 10.4. The number of alkyl halides is 4. The lowest BCUT2D eigenvalue weighted by molar-refractivity contribution is -0.0495. The molecule has 2 aromatic heterocycles. The summed E-state index contributed by atoms with van der Waals surface area (Å²) >= 11 is 0. The van der Waals surface area contributed by atoms with Crippen molar-refractivity contribution in [3.63, 3.8) is 0 Å². The number of rotatable bonds is 5. The first-order valence-electron chi connectivity index (χ1n) is 10.4. The van der Waals surface area contributed by atoms with Gasteiger partial charge in [-0.3, -0.25) is 0 Å². The molecule has 3 aliphatic rings. The van der Waals surface area contributed by atoms with Crippen molar-refractivity contribution < 1.29 is 27.0 Å². The standard InChI is InChI=1S/C20H22F4N6O2/c21-18(22)32-15-5-11(8-26-17(15)25)14-7-16(30-9-13-6-12(30)10-31-13)28-19(27-14)29-3-1-20(23,24)2-4-29/h5,7-8,12-13,18H,1-4,6,9-10H2,(H2,25,26)/t12-,13?/m0/s1. The molecule has 0 radical (unpaired) electrons. The van der Waals surface area contributed by atoms with Crippen LogP contribution in [-0.4, -0.2) is 65.9 Å². The number of fused-ring (bicyclic) bond motifs is 2. The van der Waals surface area contributed by atoms with E-state index in [1.807, 2.05) is 0 Å². The van der Waals surface area contributed by atoms with Crippen LogP contribution in [0.1, 0.15) is 19.3 Å². The molecule has 1 unspecified atom stereocenters. The Morgan fingerprint density at radius 1 is 1.19 bits per heavy atom. The number of aromatic nitrogens is 3. The van der Waals surface area contributed by atoms with Gasteiger partial charge in [0.2, 0.25) is 5.95 Å². The molecule has 0 amide bonds. The van der Waals surface area contributed by atoms with E-state index in [2.05, 4.69) is 24.6 Å². The smallest absolute Gasteiger partial charge is 0.387 e. The zero-order chi connectivity index (χ0) is 22.5. The predicted molar refractivity (Wildman–Crippen MR) is 108 cm³/mol. The van der Waals surface area contributed by atoms with Gasteiger partial charge in [0.15, 0.2) is 11.6 Å². The second kappa shape index (κ2) is 7.91. The molecule has 2 atom stereocenters.